The van der Waals surface area contributed by atoms with Gasteiger partial charge in [-0.05, 0) is 103 Å². The second kappa shape index (κ2) is 14.6. The Kier molecular flexibility index (Phi) is 8.12. The Morgan fingerprint density at radius 2 is 0.884 bits per heavy atom. The van der Waals surface area contributed by atoms with Gasteiger partial charge in [0.2, 0.25) is 0 Å². The van der Waals surface area contributed by atoms with Crippen LogP contribution in [0.25, 0.3) is 121 Å². The van der Waals surface area contributed by atoms with E-state index in [0.29, 0.717) is 17.5 Å². The Bertz CT molecular complexity index is 4210. The zero-order valence-electron chi connectivity index (χ0n) is 37.0. The molecule has 0 bridgehead atoms. The standard InChI is InChI=1S/C64H37N3OS/c1-2-16-38(17-3-1)39-18-12-19-41(36-39)61-65-62(67-63(66-61)50-28-14-26-48-46-23-7-11-33-57(46)69-60(48)50)49-27-15-32-56-58(49)51-37-40(34-35-55(51)68-56)42-24-13-25-47-45-22-6-10-31-54(45)64(59(42)47)52-29-8-4-20-43(52)44-21-5-9-30-53(44)64/h1-37H. The molecule has 3 heterocycles. The van der Waals surface area contributed by atoms with E-state index in [1.807, 2.05) is 12.1 Å². The van der Waals surface area contributed by atoms with Gasteiger partial charge in [0.05, 0.1) is 5.41 Å². The van der Waals surface area contributed by atoms with E-state index in [4.69, 9.17) is 19.4 Å². The first-order chi connectivity index (χ1) is 34.2. The topological polar surface area (TPSA) is 51.8 Å². The van der Waals surface area contributed by atoms with E-state index < -0.39 is 5.41 Å². The highest BCUT2D eigenvalue weighted by Crippen LogP contribution is 2.64. The first-order valence-corrected chi connectivity index (χ1v) is 24.2. The number of aromatic nitrogens is 3. The molecule has 0 unspecified atom stereocenters. The van der Waals surface area contributed by atoms with Gasteiger partial charge >= 0.3 is 0 Å². The number of hydrogen-bond donors (Lipinski definition) is 0. The molecule has 69 heavy (non-hydrogen) atoms. The summed E-state index contributed by atoms with van der Waals surface area (Å²) in [5.41, 5.74) is 18.8. The SMILES string of the molecule is c1ccc(-c2cccc(-c3nc(-c4cccc5c4sc4ccccc45)nc(-c4cccc5oc6ccc(-c7cccc8c7C7(c9ccccc9-c9ccccc97)c7ccccc7-8)cc6c45)n3)c2)cc1. The summed E-state index contributed by atoms with van der Waals surface area (Å²) in [6.45, 7) is 0. The highest BCUT2D eigenvalue weighted by Gasteiger charge is 2.52. The predicted molar refractivity (Wildman–Crippen MR) is 283 cm³/mol. The second-order valence-corrected chi connectivity index (χ2v) is 19.2. The number of furan rings is 1. The zero-order chi connectivity index (χ0) is 45.2. The van der Waals surface area contributed by atoms with Crippen molar-refractivity contribution in [3.05, 3.63) is 247 Å². The molecule has 2 aliphatic carbocycles. The largest absolute Gasteiger partial charge is 0.456 e. The van der Waals surface area contributed by atoms with Gasteiger partial charge in [-0.25, -0.2) is 15.0 Å². The molecule has 0 amide bonds. The third-order valence-electron chi connectivity index (χ3n) is 14.6. The number of nitrogens with zero attached hydrogens (tertiary/aromatic N) is 3. The number of hydrogen-bond acceptors (Lipinski definition) is 5. The Morgan fingerprint density at radius 1 is 0.333 bits per heavy atom. The van der Waals surface area contributed by atoms with Crippen LogP contribution in [0.4, 0.5) is 0 Å². The fourth-order valence-electron chi connectivity index (χ4n) is 11.7. The van der Waals surface area contributed by atoms with E-state index in [9.17, 15) is 0 Å². The van der Waals surface area contributed by atoms with Gasteiger partial charge in [0.25, 0.3) is 0 Å². The summed E-state index contributed by atoms with van der Waals surface area (Å²) in [4.78, 5) is 16.1. The molecule has 0 saturated carbocycles. The molecule has 0 aliphatic heterocycles. The maximum Gasteiger partial charge on any atom is 0.165 e. The Labute approximate surface area is 401 Å². The van der Waals surface area contributed by atoms with Crippen LogP contribution in [-0.4, -0.2) is 15.0 Å². The van der Waals surface area contributed by atoms with Crippen molar-refractivity contribution in [2.24, 2.45) is 0 Å². The van der Waals surface area contributed by atoms with Crippen molar-refractivity contribution >= 4 is 53.4 Å². The molecular formula is C64H37N3OS. The molecule has 4 nitrogen and oxygen atoms in total. The van der Waals surface area contributed by atoms with Gasteiger partial charge in [-0.1, -0.05) is 188 Å². The molecule has 13 aromatic rings. The van der Waals surface area contributed by atoms with Gasteiger partial charge in [0.1, 0.15) is 11.2 Å². The lowest BCUT2D eigenvalue weighted by Gasteiger charge is -2.32. The first-order valence-electron chi connectivity index (χ1n) is 23.4. The molecule has 320 valence electrons. The average Bonchev–Trinajstić information content (AvgIpc) is 4.16. The molecule has 5 heteroatoms. The summed E-state index contributed by atoms with van der Waals surface area (Å²) >= 11 is 1.78. The van der Waals surface area contributed by atoms with Crippen molar-refractivity contribution in [2.75, 3.05) is 0 Å². The third-order valence-corrected chi connectivity index (χ3v) is 15.8. The normalized spacial score (nSPS) is 13.0. The fraction of sp³-hybridized carbons (Fsp3) is 0.0156. The van der Waals surface area contributed by atoms with Crippen molar-refractivity contribution in [1.29, 1.82) is 0 Å². The molecule has 0 saturated heterocycles. The summed E-state index contributed by atoms with van der Waals surface area (Å²) in [6.07, 6.45) is 0. The van der Waals surface area contributed by atoms with E-state index in [-0.39, 0.29) is 0 Å². The maximum absolute atomic E-state index is 6.75. The summed E-state index contributed by atoms with van der Waals surface area (Å²) in [5, 5.41) is 4.40. The van der Waals surface area contributed by atoms with Gasteiger partial charge in [-0.15, -0.1) is 11.3 Å². The van der Waals surface area contributed by atoms with Crippen molar-refractivity contribution in [3.63, 3.8) is 0 Å². The summed E-state index contributed by atoms with van der Waals surface area (Å²) < 4.78 is 9.14. The van der Waals surface area contributed by atoms with E-state index in [2.05, 4.69) is 212 Å². The minimum atomic E-state index is -0.485. The van der Waals surface area contributed by atoms with Crippen LogP contribution in [0.1, 0.15) is 22.3 Å². The zero-order valence-corrected chi connectivity index (χ0v) is 37.8. The molecule has 0 N–H and O–H groups in total. The van der Waals surface area contributed by atoms with Crippen LogP contribution in [0, 0.1) is 0 Å². The summed E-state index contributed by atoms with van der Waals surface area (Å²) in [7, 11) is 0. The molecular weight excluding hydrogens is 859 g/mol. The van der Waals surface area contributed by atoms with Gasteiger partial charge in [0, 0.05) is 47.6 Å². The quantitative estimate of drug-likeness (QED) is 0.173. The van der Waals surface area contributed by atoms with Crippen LogP contribution in [0.2, 0.25) is 0 Å². The number of fused-ring (bicyclic) bond motifs is 16. The lowest BCUT2D eigenvalue weighted by molar-refractivity contribution is 0.669. The molecule has 0 atom stereocenters. The summed E-state index contributed by atoms with van der Waals surface area (Å²) in [6, 6.07) is 80.8. The van der Waals surface area contributed by atoms with Crippen molar-refractivity contribution in [2.45, 2.75) is 5.41 Å². The van der Waals surface area contributed by atoms with Crippen molar-refractivity contribution < 1.29 is 4.42 Å². The van der Waals surface area contributed by atoms with Crippen LogP contribution >= 0.6 is 11.3 Å². The fourth-order valence-corrected chi connectivity index (χ4v) is 12.9. The van der Waals surface area contributed by atoms with Gasteiger partial charge in [-0.3, -0.25) is 0 Å². The minimum Gasteiger partial charge on any atom is -0.456 e. The van der Waals surface area contributed by atoms with E-state index >= 15 is 0 Å². The maximum atomic E-state index is 6.75. The second-order valence-electron chi connectivity index (χ2n) is 18.1. The number of rotatable bonds is 5. The highest BCUT2D eigenvalue weighted by atomic mass is 32.1. The Balaban J connectivity index is 0.963. The molecule has 0 fully saturated rings. The minimum absolute atomic E-state index is 0.485. The third kappa shape index (κ3) is 5.48. The number of benzene rings is 10. The van der Waals surface area contributed by atoms with Crippen LogP contribution in [0.5, 0.6) is 0 Å². The van der Waals surface area contributed by atoms with Crippen LogP contribution < -0.4 is 0 Å². The lowest BCUT2D eigenvalue weighted by Crippen LogP contribution is -2.26. The van der Waals surface area contributed by atoms with Crippen LogP contribution in [0.15, 0.2) is 229 Å². The molecule has 15 rings (SSSR count). The highest BCUT2D eigenvalue weighted by molar-refractivity contribution is 7.26. The molecule has 1 spiro atoms. The van der Waals surface area contributed by atoms with E-state index in [1.165, 1.54) is 65.5 Å². The van der Waals surface area contributed by atoms with Gasteiger partial charge < -0.3 is 4.42 Å². The molecule has 0 radical (unpaired) electrons. The van der Waals surface area contributed by atoms with Crippen molar-refractivity contribution in [1.82, 2.24) is 15.0 Å². The molecule has 2 aliphatic rings. The van der Waals surface area contributed by atoms with Gasteiger partial charge in [-0.2, -0.15) is 0 Å². The van der Waals surface area contributed by atoms with Crippen molar-refractivity contribution in [3.8, 4) is 78.7 Å². The number of thiophene rings is 1. The molecule has 3 aromatic heterocycles. The smallest absolute Gasteiger partial charge is 0.165 e. The predicted octanol–water partition coefficient (Wildman–Crippen LogP) is 16.8. The first kappa shape index (κ1) is 38.3. The monoisotopic (exact) mass is 895 g/mol. The average molecular weight is 896 g/mol. The van der Waals surface area contributed by atoms with E-state index in [1.54, 1.807) is 11.3 Å². The molecule has 10 aromatic carbocycles. The Morgan fingerprint density at radius 3 is 1.68 bits per heavy atom. The van der Waals surface area contributed by atoms with Crippen LogP contribution in [0.3, 0.4) is 0 Å². The van der Waals surface area contributed by atoms with Gasteiger partial charge in [0.15, 0.2) is 17.5 Å². The Hall–Kier alpha value is -8.77. The van der Waals surface area contributed by atoms with Crippen LogP contribution in [-0.2, 0) is 5.41 Å². The lowest BCUT2D eigenvalue weighted by atomic mass is 9.68. The summed E-state index contributed by atoms with van der Waals surface area (Å²) in [5.74, 6) is 1.83. The van der Waals surface area contributed by atoms with E-state index in [0.717, 1.165) is 60.0 Å².